The van der Waals surface area contributed by atoms with Gasteiger partial charge in [0.15, 0.2) is 5.82 Å². The molecule has 132 valence electrons. The fraction of sp³-hybridized carbons (Fsp3) is 0.375. The number of aryl methyl sites for hydroxylation is 1. The van der Waals surface area contributed by atoms with Gasteiger partial charge in [-0.25, -0.2) is 4.39 Å². The van der Waals surface area contributed by atoms with E-state index in [1.807, 2.05) is 4.57 Å². The average molecular weight is 364 g/mol. The molecule has 2 aromatic rings. The first-order valence-electron chi connectivity index (χ1n) is 7.80. The Kier molecular flexibility index (Phi) is 5.32. The highest BCUT2D eigenvalue weighted by Crippen LogP contribution is 2.23. The number of aliphatic carboxylic acids is 1. The maximum Gasteiger partial charge on any atom is 0.313 e. The third-order valence-electron chi connectivity index (χ3n) is 3.87. The molecule has 0 fully saturated rings. The monoisotopic (exact) mass is 364 g/mol. The summed E-state index contributed by atoms with van der Waals surface area (Å²) in [7, 11) is 0. The second-order valence-electron chi connectivity index (χ2n) is 5.75. The molecule has 7 nitrogen and oxygen atoms in total. The molecule has 1 aliphatic rings. The number of hydrogen-bond donors (Lipinski definition) is 2. The van der Waals surface area contributed by atoms with Crippen LogP contribution in [0, 0.1) is 5.82 Å². The zero-order valence-corrected chi connectivity index (χ0v) is 14.1. The number of hydrogen-bond acceptors (Lipinski definition) is 5. The van der Waals surface area contributed by atoms with Gasteiger partial charge in [0.1, 0.15) is 11.6 Å². The van der Waals surface area contributed by atoms with Gasteiger partial charge in [-0.05, 0) is 30.7 Å². The van der Waals surface area contributed by atoms with Crippen molar-refractivity contribution in [1.82, 2.24) is 20.1 Å². The molecule has 1 unspecified atom stereocenters. The van der Waals surface area contributed by atoms with Gasteiger partial charge in [-0.3, -0.25) is 9.59 Å². The van der Waals surface area contributed by atoms with Crippen molar-refractivity contribution in [1.29, 1.82) is 0 Å². The van der Waals surface area contributed by atoms with Crippen LogP contribution in [-0.2, 0) is 22.6 Å². The molecule has 2 heterocycles. The number of halogens is 1. The van der Waals surface area contributed by atoms with E-state index in [-0.39, 0.29) is 29.3 Å². The summed E-state index contributed by atoms with van der Waals surface area (Å²) < 4.78 is 15.0. The van der Waals surface area contributed by atoms with Crippen LogP contribution in [-0.4, -0.2) is 49.3 Å². The number of carbonyl (C=O) groups excluding carboxylic acids is 1. The fourth-order valence-corrected chi connectivity index (χ4v) is 3.30. The van der Waals surface area contributed by atoms with Crippen LogP contribution in [0.15, 0.2) is 24.3 Å². The van der Waals surface area contributed by atoms with Crippen molar-refractivity contribution in [2.75, 3.05) is 11.5 Å². The van der Waals surface area contributed by atoms with Crippen LogP contribution in [0.2, 0.25) is 0 Å². The second-order valence-corrected chi connectivity index (χ2v) is 6.73. The van der Waals surface area contributed by atoms with Gasteiger partial charge in [-0.15, -0.1) is 22.0 Å². The van der Waals surface area contributed by atoms with Crippen LogP contribution in [0.1, 0.15) is 12.2 Å². The van der Waals surface area contributed by atoms with Crippen LogP contribution in [0.4, 0.5) is 4.39 Å². The minimum Gasteiger partial charge on any atom is -0.481 e. The molecule has 1 aliphatic heterocycles. The summed E-state index contributed by atoms with van der Waals surface area (Å²) in [6.07, 6.45) is 1.43. The minimum atomic E-state index is -0.937. The molecule has 25 heavy (non-hydrogen) atoms. The number of benzene rings is 1. The Morgan fingerprint density at radius 1 is 1.28 bits per heavy atom. The molecule has 0 saturated heterocycles. The summed E-state index contributed by atoms with van der Waals surface area (Å²) in [4.78, 5) is 22.4. The lowest BCUT2D eigenvalue weighted by molar-refractivity contribution is -0.133. The molecule has 9 heteroatoms. The average Bonchev–Trinajstić information content (AvgIpc) is 2.98. The number of nitrogens with one attached hydrogen (secondary N) is 1. The Labute approximate surface area is 147 Å². The SMILES string of the molecule is O=C(O)CSCC(=O)NC1CCc2nnc(-c3ccc(F)cc3)n2C1. The van der Waals surface area contributed by atoms with Crippen molar-refractivity contribution in [2.45, 2.75) is 25.4 Å². The van der Waals surface area contributed by atoms with Gasteiger partial charge in [0, 0.05) is 24.6 Å². The second kappa shape index (κ2) is 7.64. The Morgan fingerprint density at radius 2 is 2.04 bits per heavy atom. The number of nitrogens with zero attached hydrogens (tertiary/aromatic N) is 3. The lowest BCUT2D eigenvalue weighted by atomic mass is 10.1. The molecule has 0 saturated carbocycles. The summed E-state index contributed by atoms with van der Waals surface area (Å²) >= 11 is 1.07. The lowest BCUT2D eigenvalue weighted by Crippen LogP contribution is -2.42. The summed E-state index contributed by atoms with van der Waals surface area (Å²) in [6.45, 7) is 0.532. The van der Waals surface area contributed by atoms with E-state index in [4.69, 9.17) is 5.11 Å². The molecule has 3 rings (SSSR count). The van der Waals surface area contributed by atoms with Crippen molar-refractivity contribution in [3.63, 3.8) is 0 Å². The summed E-state index contributed by atoms with van der Waals surface area (Å²) in [5, 5.41) is 19.9. The van der Waals surface area contributed by atoms with Crippen molar-refractivity contribution in [3.8, 4) is 11.4 Å². The van der Waals surface area contributed by atoms with Crippen molar-refractivity contribution < 1.29 is 19.1 Å². The number of rotatable bonds is 6. The van der Waals surface area contributed by atoms with Crippen molar-refractivity contribution >= 4 is 23.6 Å². The molecule has 1 aromatic heterocycles. The van der Waals surface area contributed by atoms with Crippen LogP contribution >= 0.6 is 11.8 Å². The van der Waals surface area contributed by atoms with Gasteiger partial charge >= 0.3 is 5.97 Å². The third kappa shape index (κ3) is 4.36. The standard InChI is InChI=1S/C16H17FN4O3S/c17-11-3-1-10(2-4-11)16-20-19-13-6-5-12(7-21(13)16)18-14(22)8-25-9-15(23)24/h1-4,12H,5-9H2,(H,18,22)(H,23,24). The Balaban J connectivity index is 1.64. The van der Waals surface area contributed by atoms with E-state index < -0.39 is 5.97 Å². The maximum absolute atomic E-state index is 13.1. The van der Waals surface area contributed by atoms with E-state index >= 15 is 0 Å². The molecule has 0 spiro atoms. The predicted molar refractivity (Wildman–Crippen MR) is 90.6 cm³/mol. The number of fused-ring (bicyclic) bond motifs is 1. The number of carboxylic acid groups (broad SMARTS) is 1. The number of carboxylic acids is 1. The summed E-state index contributed by atoms with van der Waals surface area (Å²) in [6, 6.07) is 5.98. The van der Waals surface area contributed by atoms with E-state index in [2.05, 4.69) is 15.5 Å². The largest absolute Gasteiger partial charge is 0.481 e. The first-order valence-corrected chi connectivity index (χ1v) is 8.95. The Hall–Kier alpha value is -2.42. The van der Waals surface area contributed by atoms with Gasteiger partial charge in [0.05, 0.1) is 11.5 Å². The van der Waals surface area contributed by atoms with Gasteiger partial charge in [0.25, 0.3) is 0 Å². The number of thioether (sulfide) groups is 1. The normalized spacial score (nSPS) is 16.3. The Bertz CT molecular complexity index is 778. The lowest BCUT2D eigenvalue weighted by Gasteiger charge is -2.25. The van der Waals surface area contributed by atoms with Crippen LogP contribution in [0.3, 0.4) is 0 Å². The first kappa shape index (κ1) is 17.4. The van der Waals surface area contributed by atoms with Crippen LogP contribution in [0.25, 0.3) is 11.4 Å². The van der Waals surface area contributed by atoms with Gasteiger partial charge in [0.2, 0.25) is 5.91 Å². The highest BCUT2D eigenvalue weighted by Gasteiger charge is 2.24. The highest BCUT2D eigenvalue weighted by atomic mass is 32.2. The molecular formula is C16H17FN4O3S. The summed E-state index contributed by atoms with van der Waals surface area (Å²) in [5.74, 6) is 0.0699. The third-order valence-corrected chi connectivity index (χ3v) is 4.79. The fourth-order valence-electron chi connectivity index (χ4n) is 2.76. The van der Waals surface area contributed by atoms with Crippen LogP contribution < -0.4 is 5.32 Å². The smallest absolute Gasteiger partial charge is 0.313 e. The molecule has 1 atom stereocenters. The number of carbonyl (C=O) groups is 2. The summed E-state index contributed by atoms with van der Waals surface area (Å²) in [5.41, 5.74) is 0.768. The predicted octanol–water partition coefficient (Wildman–Crippen LogP) is 1.33. The maximum atomic E-state index is 13.1. The Morgan fingerprint density at radius 3 is 2.76 bits per heavy atom. The zero-order chi connectivity index (χ0) is 17.8. The quantitative estimate of drug-likeness (QED) is 0.803. The highest BCUT2D eigenvalue weighted by molar-refractivity contribution is 8.00. The topological polar surface area (TPSA) is 97.1 Å². The number of amides is 1. The van der Waals surface area contributed by atoms with E-state index in [1.54, 1.807) is 12.1 Å². The molecule has 0 radical (unpaired) electrons. The van der Waals surface area contributed by atoms with Crippen molar-refractivity contribution in [2.24, 2.45) is 0 Å². The molecule has 0 bridgehead atoms. The van der Waals surface area contributed by atoms with Gasteiger partial charge < -0.3 is 15.0 Å². The molecule has 1 aromatic carbocycles. The van der Waals surface area contributed by atoms with Gasteiger partial charge in [-0.2, -0.15) is 0 Å². The van der Waals surface area contributed by atoms with E-state index in [0.29, 0.717) is 18.8 Å². The van der Waals surface area contributed by atoms with Gasteiger partial charge in [-0.1, -0.05) is 0 Å². The van der Waals surface area contributed by atoms with E-state index in [1.165, 1.54) is 12.1 Å². The first-order chi connectivity index (χ1) is 12.0. The minimum absolute atomic E-state index is 0.0689. The van der Waals surface area contributed by atoms with E-state index in [0.717, 1.165) is 29.6 Å². The molecule has 1 amide bonds. The molecule has 2 N–H and O–H groups in total. The van der Waals surface area contributed by atoms with Crippen molar-refractivity contribution in [3.05, 3.63) is 35.9 Å². The zero-order valence-electron chi connectivity index (χ0n) is 13.3. The number of aromatic nitrogens is 3. The van der Waals surface area contributed by atoms with Crippen LogP contribution in [0.5, 0.6) is 0 Å². The molecular weight excluding hydrogens is 347 g/mol. The van der Waals surface area contributed by atoms with E-state index in [9.17, 15) is 14.0 Å². The molecule has 0 aliphatic carbocycles.